The minimum atomic E-state index is -0.128. The molecule has 0 spiro atoms. The van der Waals surface area contributed by atoms with Crippen LogP contribution in [0.2, 0.25) is 0 Å². The van der Waals surface area contributed by atoms with Crippen LogP contribution in [0.3, 0.4) is 0 Å². The lowest BCUT2D eigenvalue weighted by Gasteiger charge is -2.13. The molecule has 0 aliphatic rings. The second-order valence-electron chi connectivity index (χ2n) is 5.92. The molecule has 0 radical (unpaired) electrons. The van der Waals surface area contributed by atoms with Crippen molar-refractivity contribution >= 4 is 11.6 Å². The molecule has 0 bridgehead atoms. The van der Waals surface area contributed by atoms with Crippen molar-refractivity contribution in [3.63, 3.8) is 0 Å². The number of anilines is 1. The Morgan fingerprint density at radius 1 is 0.833 bits per heavy atom. The molecule has 1 aromatic heterocycles. The van der Waals surface area contributed by atoms with E-state index in [4.69, 9.17) is 0 Å². The van der Waals surface area contributed by atoms with Crippen molar-refractivity contribution in [2.75, 3.05) is 5.32 Å². The maximum Gasteiger partial charge on any atom is 0.257 e. The van der Waals surface area contributed by atoms with Crippen LogP contribution in [0, 0.1) is 20.8 Å². The molecule has 0 fully saturated rings. The zero-order chi connectivity index (χ0) is 17.1. The fourth-order valence-corrected chi connectivity index (χ4v) is 2.76. The van der Waals surface area contributed by atoms with Gasteiger partial charge in [-0.3, -0.25) is 9.78 Å². The molecule has 3 aromatic rings. The predicted octanol–water partition coefficient (Wildman–Crippen LogP) is 4.93. The summed E-state index contributed by atoms with van der Waals surface area (Å²) in [5.41, 5.74) is 6.20. The first-order valence-corrected chi connectivity index (χ1v) is 7.97. The van der Waals surface area contributed by atoms with Crippen LogP contribution >= 0.6 is 0 Å². The van der Waals surface area contributed by atoms with Crippen LogP contribution in [0.15, 0.2) is 60.7 Å². The van der Waals surface area contributed by atoms with Crippen LogP contribution < -0.4 is 5.32 Å². The lowest BCUT2D eigenvalue weighted by Crippen LogP contribution is -2.15. The predicted molar refractivity (Wildman–Crippen MR) is 98.3 cm³/mol. The smallest absolute Gasteiger partial charge is 0.257 e. The quantitative estimate of drug-likeness (QED) is 0.744. The van der Waals surface area contributed by atoms with Gasteiger partial charge in [0.25, 0.3) is 5.91 Å². The minimum absolute atomic E-state index is 0.128. The second kappa shape index (κ2) is 6.67. The number of amides is 1. The molecule has 1 amide bonds. The summed E-state index contributed by atoms with van der Waals surface area (Å²) in [6, 6.07) is 19.7. The standard InChI is InChI=1S/C21H20N2O/c1-14-8-7-9-15(2)20(14)23-21(24)18-12-13-19(22-16(18)3)17-10-5-4-6-11-17/h4-13H,1-3H3,(H,23,24). The summed E-state index contributed by atoms with van der Waals surface area (Å²) in [6.45, 7) is 5.85. The van der Waals surface area contributed by atoms with Gasteiger partial charge in [-0.15, -0.1) is 0 Å². The molecule has 0 aliphatic carbocycles. The van der Waals surface area contributed by atoms with E-state index in [1.165, 1.54) is 0 Å². The number of carbonyl (C=O) groups is 1. The highest BCUT2D eigenvalue weighted by molar-refractivity contribution is 6.05. The van der Waals surface area contributed by atoms with E-state index in [-0.39, 0.29) is 5.91 Å². The van der Waals surface area contributed by atoms with Gasteiger partial charge in [-0.25, -0.2) is 0 Å². The van der Waals surface area contributed by atoms with Gasteiger partial charge in [0.2, 0.25) is 0 Å². The lowest BCUT2D eigenvalue weighted by molar-refractivity contribution is 0.102. The van der Waals surface area contributed by atoms with Gasteiger partial charge in [0, 0.05) is 11.3 Å². The molecular weight excluding hydrogens is 296 g/mol. The number of carbonyl (C=O) groups excluding carboxylic acids is 1. The van der Waals surface area contributed by atoms with Crippen LogP contribution in [-0.4, -0.2) is 10.9 Å². The number of hydrogen-bond acceptors (Lipinski definition) is 2. The van der Waals surface area contributed by atoms with Crippen LogP contribution in [0.1, 0.15) is 27.2 Å². The largest absolute Gasteiger partial charge is 0.321 e. The number of para-hydroxylation sites is 1. The molecule has 0 aliphatic heterocycles. The maximum absolute atomic E-state index is 12.6. The molecule has 3 heteroatoms. The summed E-state index contributed by atoms with van der Waals surface area (Å²) >= 11 is 0. The third kappa shape index (κ3) is 3.20. The Morgan fingerprint density at radius 3 is 2.12 bits per heavy atom. The summed E-state index contributed by atoms with van der Waals surface area (Å²) in [6.07, 6.45) is 0. The van der Waals surface area contributed by atoms with Gasteiger partial charge in [0.15, 0.2) is 0 Å². The molecule has 0 unspecified atom stereocenters. The Morgan fingerprint density at radius 2 is 1.50 bits per heavy atom. The van der Waals surface area contributed by atoms with Crippen molar-refractivity contribution in [2.24, 2.45) is 0 Å². The van der Waals surface area contributed by atoms with Gasteiger partial charge >= 0.3 is 0 Å². The molecule has 0 saturated heterocycles. The first-order valence-electron chi connectivity index (χ1n) is 7.97. The van der Waals surface area contributed by atoms with Gasteiger partial charge in [-0.2, -0.15) is 0 Å². The Labute approximate surface area is 142 Å². The molecule has 3 rings (SSSR count). The van der Waals surface area contributed by atoms with Crippen molar-refractivity contribution in [3.8, 4) is 11.3 Å². The van der Waals surface area contributed by atoms with Crippen LogP contribution in [0.4, 0.5) is 5.69 Å². The fourth-order valence-electron chi connectivity index (χ4n) is 2.76. The van der Waals surface area contributed by atoms with E-state index in [2.05, 4.69) is 10.3 Å². The van der Waals surface area contributed by atoms with E-state index in [0.29, 0.717) is 5.56 Å². The fraction of sp³-hybridized carbons (Fsp3) is 0.143. The lowest BCUT2D eigenvalue weighted by atomic mass is 10.1. The molecule has 1 N–H and O–H groups in total. The molecular formula is C21H20N2O. The third-order valence-corrected chi connectivity index (χ3v) is 4.12. The molecule has 3 nitrogen and oxygen atoms in total. The van der Waals surface area contributed by atoms with E-state index in [0.717, 1.165) is 33.8 Å². The SMILES string of the molecule is Cc1cccc(C)c1NC(=O)c1ccc(-c2ccccc2)nc1C. The number of hydrogen-bond donors (Lipinski definition) is 1. The molecule has 0 saturated carbocycles. The number of rotatable bonds is 3. The number of nitrogens with zero attached hydrogens (tertiary/aromatic N) is 1. The van der Waals surface area contributed by atoms with E-state index < -0.39 is 0 Å². The second-order valence-corrected chi connectivity index (χ2v) is 5.92. The molecule has 1 heterocycles. The highest BCUT2D eigenvalue weighted by Crippen LogP contribution is 2.22. The van der Waals surface area contributed by atoms with Crippen LogP contribution in [0.5, 0.6) is 0 Å². The third-order valence-electron chi connectivity index (χ3n) is 4.12. The monoisotopic (exact) mass is 316 g/mol. The summed E-state index contributed by atoms with van der Waals surface area (Å²) in [5.74, 6) is -0.128. The van der Waals surface area contributed by atoms with Gasteiger partial charge in [-0.1, -0.05) is 48.5 Å². The van der Waals surface area contributed by atoms with Crippen molar-refractivity contribution in [1.82, 2.24) is 4.98 Å². The Hall–Kier alpha value is -2.94. The van der Waals surface area contributed by atoms with E-state index >= 15 is 0 Å². The zero-order valence-corrected chi connectivity index (χ0v) is 14.1. The van der Waals surface area contributed by atoms with Gasteiger partial charge in [-0.05, 0) is 44.0 Å². The van der Waals surface area contributed by atoms with Gasteiger partial charge in [0.1, 0.15) is 0 Å². The number of nitrogens with one attached hydrogen (secondary N) is 1. The average molecular weight is 316 g/mol. The first-order chi connectivity index (χ1) is 11.6. The zero-order valence-electron chi connectivity index (χ0n) is 14.1. The number of benzene rings is 2. The van der Waals surface area contributed by atoms with Gasteiger partial charge < -0.3 is 5.32 Å². The van der Waals surface area contributed by atoms with Crippen molar-refractivity contribution in [2.45, 2.75) is 20.8 Å². The number of aromatic nitrogens is 1. The van der Waals surface area contributed by atoms with E-state index in [1.54, 1.807) is 0 Å². The summed E-state index contributed by atoms with van der Waals surface area (Å²) < 4.78 is 0. The van der Waals surface area contributed by atoms with E-state index in [1.807, 2.05) is 81.4 Å². The summed E-state index contributed by atoms with van der Waals surface area (Å²) in [4.78, 5) is 17.2. The number of aryl methyl sites for hydroxylation is 3. The topological polar surface area (TPSA) is 42.0 Å². The Balaban J connectivity index is 1.89. The maximum atomic E-state index is 12.6. The van der Waals surface area contributed by atoms with E-state index in [9.17, 15) is 4.79 Å². The average Bonchev–Trinajstić information content (AvgIpc) is 2.59. The van der Waals surface area contributed by atoms with Crippen LogP contribution in [0.25, 0.3) is 11.3 Å². The molecule has 0 atom stereocenters. The van der Waals surface area contributed by atoms with Gasteiger partial charge in [0.05, 0.1) is 17.0 Å². The van der Waals surface area contributed by atoms with Crippen LogP contribution in [-0.2, 0) is 0 Å². The van der Waals surface area contributed by atoms with Crippen molar-refractivity contribution < 1.29 is 4.79 Å². The number of pyridine rings is 1. The molecule has 120 valence electrons. The highest BCUT2D eigenvalue weighted by atomic mass is 16.1. The highest BCUT2D eigenvalue weighted by Gasteiger charge is 2.13. The summed E-state index contributed by atoms with van der Waals surface area (Å²) in [5, 5.41) is 3.02. The summed E-state index contributed by atoms with van der Waals surface area (Å²) in [7, 11) is 0. The Bertz CT molecular complexity index is 865. The molecule has 2 aromatic carbocycles. The van der Waals surface area contributed by atoms with Crippen molar-refractivity contribution in [3.05, 3.63) is 83.0 Å². The normalized spacial score (nSPS) is 10.5. The van der Waals surface area contributed by atoms with Crippen molar-refractivity contribution in [1.29, 1.82) is 0 Å². The molecule has 24 heavy (non-hydrogen) atoms. The minimum Gasteiger partial charge on any atom is -0.321 e. The first kappa shape index (κ1) is 15.9. The Kier molecular flexibility index (Phi) is 4.43.